The third kappa shape index (κ3) is 4.85. The molecule has 0 saturated carbocycles. The lowest BCUT2D eigenvalue weighted by molar-refractivity contribution is -0.121. The molecule has 116 valence electrons. The molecule has 1 amide bonds. The molecule has 0 atom stereocenters. The third-order valence-electron chi connectivity index (χ3n) is 4.27. The second-order valence-corrected chi connectivity index (χ2v) is 7.27. The summed E-state index contributed by atoms with van der Waals surface area (Å²) in [6.07, 6.45) is 2.60. The topological polar surface area (TPSA) is 32.3 Å². The van der Waals surface area contributed by atoms with Crippen LogP contribution in [-0.4, -0.2) is 37.0 Å². The van der Waals surface area contributed by atoms with Gasteiger partial charge in [-0.25, -0.2) is 0 Å². The van der Waals surface area contributed by atoms with Crippen molar-refractivity contribution in [2.75, 3.05) is 20.1 Å². The highest BCUT2D eigenvalue weighted by molar-refractivity contribution is 5.78. The van der Waals surface area contributed by atoms with Crippen LogP contribution in [0.2, 0.25) is 0 Å². The van der Waals surface area contributed by atoms with Crippen molar-refractivity contribution in [2.24, 2.45) is 0 Å². The molecular weight excluding hydrogens is 260 g/mol. The lowest BCUT2D eigenvalue weighted by Crippen LogP contribution is -2.43. The third-order valence-corrected chi connectivity index (χ3v) is 4.27. The maximum atomic E-state index is 12.1. The van der Waals surface area contributed by atoms with E-state index in [2.05, 4.69) is 62.3 Å². The van der Waals surface area contributed by atoms with Crippen molar-refractivity contribution in [3.8, 4) is 0 Å². The summed E-state index contributed by atoms with van der Waals surface area (Å²) in [7, 11) is 2.13. The Bertz CT molecular complexity index is 465. The summed E-state index contributed by atoms with van der Waals surface area (Å²) in [4.78, 5) is 14.4. The number of nitrogens with zero attached hydrogens (tertiary/aromatic N) is 1. The first-order chi connectivity index (χ1) is 9.84. The summed E-state index contributed by atoms with van der Waals surface area (Å²) in [5, 5.41) is 3.17. The minimum atomic E-state index is 0.146. The van der Waals surface area contributed by atoms with E-state index in [1.807, 2.05) is 0 Å². The Kier molecular flexibility index (Phi) is 5.04. The van der Waals surface area contributed by atoms with Crippen molar-refractivity contribution < 1.29 is 4.79 Å². The van der Waals surface area contributed by atoms with Gasteiger partial charge in [0.1, 0.15) is 0 Å². The van der Waals surface area contributed by atoms with Crippen molar-refractivity contribution in [3.05, 3.63) is 35.4 Å². The zero-order chi connectivity index (χ0) is 15.5. The lowest BCUT2D eigenvalue weighted by Gasteiger charge is -2.29. The number of carbonyl (C=O) groups excluding carboxylic acids is 1. The molecular formula is C18H28N2O. The largest absolute Gasteiger partial charge is 0.353 e. The highest BCUT2D eigenvalue weighted by Gasteiger charge is 2.18. The van der Waals surface area contributed by atoms with E-state index in [0.29, 0.717) is 12.5 Å². The molecule has 1 fully saturated rings. The Morgan fingerprint density at radius 2 is 1.76 bits per heavy atom. The van der Waals surface area contributed by atoms with Crippen LogP contribution in [0.3, 0.4) is 0 Å². The molecule has 1 aliphatic heterocycles. The lowest BCUT2D eigenvalue weighted by atomic mass is 9.86. The average molecular weight is 288 g/mol. The minimum Gasteiger partial charge on any atom is -0.353 e. The molecule has 0 bridgehead atoms. The fourth-order valence-corrected chi connectivity index (χ4v) is 2.74. The maximum absolute atomic E-state index is 12.1. The SMILES string of the molecule is CN1CCC(NC(=O)Cc2ccc(C(C)(C)C)cc2)CC1. The molecule has 1 aromatic rings. The zero-order valence-electron chi connectivity index (χ0n) is 13.8. The molecule has 3 heteroatoms. The van der Waals surface area contributed by atoms with Crippen molar-refractivity contribution in [1.29, 1.82) is 0 Å². The second-order valence-electron chi connectivity index (χ2n) is 7.27. The summed E-state index contributed by atoms with van der Waals surface area (Å²) in [5.41, 5.74) is 2.56. The first-order valence-corrected chi connectivity index (χ1v) is 7.92. The van der Waals surface area contributed by atoms with Crippen LogP contribution in [0.5, 0.6) is 0 Å². The quantitative estimate of drug-likeness (QED) is 0.927. The number of hydrogen-bond acceptors (Lipinski definition) is 2. The second kappa shape index (κ2) is 6.61. The molecule has 1 heterocycles. The van der Waals surface area contributed by atoms with E-state index in [9.17, 15) is 4.79 Å². The molecule has 1 aromatic carbocycles. The van der Waals surface area contributed by atoms with Gasteiger partial charge in [0.25, 0.3) is 0 Å². The van der Waals surface area contributed by atoms with Gasteiger partial charge in [0, 0.05) is 6.04 Å². The van der Waals surface area contributed by atoms with Gasteiger partial charge in [0.2, 0.25) is 5.91 Å². The predicted octanol–water partition coefficient (Wildman–Crippen LogP) is 2.74. The molecule has 21 heavy (non-hydrogen) atoms. The monoisotopic (exact) mass is 288 g/mol. The number of nitrogens with one attached hydrogen (secondary N) is 1. The highest BCUT2D eigenvalue weighted by atomic mass is 16.1. The summed E-state index contributed by atoms with van der Waals surface area (Å²) >= 11 is 0. The Hall–Kier alpha value is -1.35. The van der Waals surface area contributed by atoms with E-state index >= 15 is 0 Å². The summed E-state index contributed by atoms with van der Waals surface area (Å²) in [5.74, 6) is 0.146. The number of hydrogen-bond donors (Lipinski definition) is 1. The van der Waals surface area contributed by atoms with Crippen LogP contribution in [0.15, 0.2) is 24.3 Å². The maximum Gasteiger partial charge on any atom is 0.224 e. The Morgan fingerprint density at radius 1 is 1.19 bits per heavy atom. The molecule has 0 radical (unpaired) electrons. The van der Waals surface area contributed by atoms with Gasteiger partial charge in [0.05, 0.1) is 6.42 Å². The molecule has 1 aliphatic rings. The van der Waals surface area contributed by atoms with E-state index < -0.39 is 0 Å². The zero-order valence-corrected chi connectivity index (χ0v) is 13.8. The van der Waals surface area contributed by atoms with E-state index in [1.165, 1.54) is 5.56 Å². The van der Waals surface area contributed by atoms with Gasteiger partial charge in [-0.15, -0.1) is 0 Å². The van der Waals surface area contributed by atoms with Gasteiger partial charge in [-0.1, -0.05) is 45.0 Å². The number of amides is 1. The molecule has 1 saturated heterocycles. The number of benzene rings is 1. The van der Waals surface area contributed by atoms with Crippen LogP contribution < -0.4 is 5.32 Å². The Labute approximate surface area is 128 Å². The van der Waals surface area contributed by atoms with Crippen LogP contribution in [-0.2, 0) is 16.6 Å². The number of likely N-dealkylation sites (tertiary alicyclic amines) is 1. The summed E-state index contributed by atoms with van der Waals surface area (Å²) in [6.45, 7) is 8.76. The van der Waals surface area contributed by atoms with Crippen LogP contribution in [0.4, 0.5) is 0 Å². The van der Waals surface area contributed by atoms with Crippen molar-refractivity contribution >= 4 is 5.91 Å². The number of piperidine rings is 1. The Morgan fingerprint density at radius 3 is 2.29 bits per heavy atom. The van der Waals surface area contributed by atoms with Gasteiger partial charge in [0.15, 0.2) is 0 Å². The molecule has 0 aromatic heterocycles. The molecule has 2 rings (SSSR count). The van der Waals surface area contributed by atoms with Gasteiger partial charge < -0.3 is 10.2 Å². The van der Waals surface area contributed by atoms with E-state index in [0.717, 1.165) is 31.5 Å². The number of rotatable bonds is 3. The van der Waals surface area contributed by atoms with Crippen LogP contribution in [0, 0.1) is 0 Å². The van der Waals surface area contributed by atoms with Gasteiger partial charge in [-0.2, -0.15) is 0 Å². The average Bonchev–Trinajstić information content (AvgIpc) is 2.41. The summed E-state index contributed by atoms with van der Waals surface area (Å²) < 4.78 is 0. The first kappa shape index (κ1) is 16.0. The van der Waals surface area contributed by atoms with Crippen LogP contribution >= 0.6 is 0 Å². The van der Waals surface area contributed by atoms with Gasteiger partial charge in [-0.3, -0.25) is 4.79 Å². The van der Waals surface area contributed by atoms with E-state index in [-0.39, 0.29) is 11.3 Å². The molecule has 0 unspecified atom stereocenters. The molecule has 3 nitrogen and oxygen atoms in total. The van der Waals surface area contributed by atoms with E-state index in [4.69, 9.17) is 0 Å². The van der Waals surface area contributed by atoms with E-state index in [1.54, 1.807) is 0 Å². The van der Waals surface area contributed by atoms with Crippen molar-refractivity contribution in [2.45, 2.75) is 51.5 Å². The molecule has 0 spiro atoms. The normalized spacial score (nSPS) is 17.7. The van der Waals surface area contributed by atoms with Crippen LogP contribution in [0.1, 0.15) is 44.7 Å². The fraction of sp³-hybridized carbons (Fsp3) is 0.611. The Balaban J connectivity index is 1.85. The standard InChI is InChI=1S/C18H28N2O/c1-18(2,3)15-7-5-14(6-8-15)13-17(21)19-16-9-11-20(4)12-10-16/h5-8,16H,9-13H2,1-4H3,(H,19,21). The summed E-state index contributed by atoms with van der Waals surface area (Å²) in [6, 6.07) is 8.78. The smallest absolute Gasteiger partial charge is 0.224 e. The predicted molar refractivity (Wildman–Crippen MR) is 87.5 cm³/mol. The van der Waals surface area contributed by atoms with Crippen molar-refractivity contribution in [3.63, 3.8) is 0 Å². The minimum absolute atomic E-state index is 0.146. The van der Waals surface area contributed by atoms with Crippen LogP contribution in [0.25, 0.3) is 0 Å². The van der Waals surface area contributed by atoms with Gasteiger partial charge >= 0.3 is 0 Å². The first-order valence-electron chi connectivity index (χ1n) is 7.92. The molecule has 1 N–H and O–H groups in total. The van der Waals surface area contributed by atoms with Crippen molar-refractivity contribution in [1.82, 2.24) is 10.2 Å². The highest BCUT2D eigenvalue weighted by Crippen LogP contribution is 2.22. The molecule has 0 aliphatic carbocycles. The fourth-order valence-electron chi connectivity index (χ4n) is 2.74. The van der Waals surface area contributed by atoms with Gasteiger partial charge in [-0.05, 0) is 49.5 Å². The number of carbonyl (C=O) groups is 1.